The molecule has 1 amide bonds. The third-order valence-corrected chi connectivity index (χ3v) is 6.08. The molecule has 0 aromatic carbocycles. The van der Waals surface area contributed by atoms with Crippen LogP contribution < -0.4 is 10.6 Å². The van der Waals surface area contributed by atoms with E-state index in [2.05, 4.69) is 43.4 Å². The lowest BCUT2D eigenvalue weighted by Gasteiger charge is -2.42. The van der Waals surface area contributed by atoms with E-state index in [1.54, 1.807) is 26.2 Å². The topological polar surface area (TPSA) is 85.2 Å². The Hall–Kier alpha value is -2.19. The number of thiophene rings is 1. The lowest BCUT2D eigenvalue weighted by atomic mass is 9.81. The number of rotatable bonds is 4. The summed E-state index contributed by atoms with van der Waals surface area (Å²) in [6, 6.07) is 1.64. The molecule has 8 heteroatoms. The Balaban J connectivity index is 2.09. The van der Waals surface area contributed by atoms with Gasteiger partial charge in [0, 0.05) is 29.2 Å². The maximum Gasteiger partial charge on any atom is 0.341 e. The molecule has 1 aliphatic rings. The van der Waals surface area contributed by atoms with Gasteiger partial charge in [0.1, 0.15) is 10.7 Å². The van der Waals surface area contributed by atoms with E-state index in [4.69, 9.17) is 4.74 Å². The Morgan fingerprint density at radius 3 is 2.67 bits per heavy atom. The predicted molar refractivity (Wildman–Crippen MR) is 105 cm³/mol. The Kier molecular flexibility index (Phi) is 4.90. The number of hydrogen-bond acceptors (Lipinski definition) is 6. The van der Waals surface area contributed by atoms with Gasteiger partial charge in [-0.3, -0.25) is 9.48 Å². The van der Waals surface area contributed by atoms with Gasteiger partial charge in [-0.05, 0) is 52.7 Å². The Labute approximate surface area is 163 Å². The molecule has 2 aromatic rings. The van der Waals surface area contributed by atoms with Crippen molar-refractivity contribution in [3.8, 4) is 0 Å². The molecule has 0 radical (unpaired) electrons. The molecular formula is C19H26N4O3S. The largest absolute Gasteiger partial charge is 0.462 e. The lowest BCUT2D eigenvalue weighted by Crippen LogP contribution is -2.55. The molecule has 0 atom stereocenters. The SMILES string of the molecule is CCOC(=O)c1c(NC(=O)c2ccnn2C)sc2c1CC(C)(C)NC2(C)C. The zero-order valence-corrected chi connectivity index (χ0v) is 17.4. The summed E-state index contributed by atoms with van der Waals surface area (Å²) in [5.74, 6) is -0.701. The number of esters is 1. The summed E-state index contributed by atoms with van der Waals surface area (Å²) >= 11 is 1.43. The summed E-state index contributed by atoms with van der Waals surface area (Å²) in [5.41, 5.74) is 1.34. The molecule has 2 aromatic heterocycles. The monoisotopic (exact) mass is 390 g/mol. The molecule has 0 aliphatic carbocycles. The van der Waals surface area contributed by atoms with E-state index in [0.29, 0.717) is 22.7 Å². The van der Waals surface area contributed by atoms with Crippen molar-refractivity contribution < 1.29 is 14.3 Å². The van der Waals surface area contributed by atoms with E-state index >= 15 is 0 Å². The van der Waals surface area contributed by atoms with Crippen LogP contribution in [0.25, 0.3) is 0 Å². The van der Waals surface area contributed by atoms with E-state index in [1.165, 1.54) is 16.0 Å². The summed E-state index contributed by atoms with van der Waals surface area (Å²) in [4.78, 5) is 26.5. The number of carbonyl (C=O) groups is 2. The van der Waals surface area contributed by atoms with Crippen molar-refractivity contribution >= 4 is 28.2 Å². The van der Waals surface area contributed by atoms with E-state index < -0.39 is 5.97 Å². The molecule has 0 saturated heterocycles. The smallest absolute Gasteiger partial charge is 0.341 e. The van der Waals surface area contributed by atoms with Gasteiger partial charge < -0.3 is 15.4 Å². The van der Waals surface area contributed by atoms with Gasteiger partial charge in [-0.2, -0.15) is 5.10 Å². The van der Waals surface area contributed by atoms with Crippen molar-refractivity contribution in [2.75, 3.05) is 11.9 Å². The molecule has 0 fully saturated rings. The summed E-state index contributed by atoms with van der Waals surface area (Å²) in [5, 5.41) is 11.1. The highest BCUT2D eigenvalue weighted by Gasteiger charge is 2.42. The number of anilines is 1. The number of aromatic nitrogens is 2. The van der Waals surface area contributed by atoms with Crippen molar-refractivity contribution in [1.82, 2.24) is 15.1 Å². The first kappa shape index (κ1) is 19.6. The normalized spacial score (nSPS) is 17.3. The average Bonchev–Trinajstić information content (AvgIpc) is 3.09. The van der Waals surface area contributed by atoms with Crippen molar-refractivity contribution in [3.63, 3.8) is 0 Å². The molecule has 146 valence electrons. The van der Waals surface area contributed by atoms with Gasteiger partial charge in [-0.1, -0.05) is 0 Å². The van der Waals surface area contributed by atoms with Crippen LogP contribution >= 0.6 is 11.3 Å². The molecule has 1 aliphatic heterocycles. The molecule has 2 N–H and O–H groups in total. The van der Waals surface area contributed by atoms with Crippen LogP contribution in [0.2, 0.25) is 0 Å². The number of amides is 1. The fraction of sp³-hybridized carbons (Fsp3) is 0.526. The van der Waals surface area contributed by atoms with Gasteiger partial charge in [0.25, 0.3) is 5.91 Å². The van der Waals surface area contributed by atoms with E-state index in [0.717, 1.165) is 10.4 Å². The standard InChI is InChI=1S/C19H26N4O3S/c1-7-26-17(25)13-11-10-18(2,3)22-19(4,5)14(11)27-16(13)21-15(24)12-8-9-20-23(12)6/h8-9,22H,7,10H2,1-6H3,(H,21,24). The Morgan fingerprint density at radius 1 is 1.37 bits per heavy atom. The van der Waals surface area contributed by atoms with Crippen LogP contribution in [0.5, 0.6) is 0 Å². The molecule has 0 saturated carbocycles. The number of aryl methyl sites for hydroxylation is 1. The highest BCUT2D eigenvalue weighted by molar-refractivity contribution is 7.17. The number of fused-ring (bicyclic) bond motifs is 1. The summed E-state index contributed by atoms with van der Waals surface area (Å²) < 4.78 is 6.81. The quantitative estimate of drug-likeness (QED) is 0.784. The third kappa shape index (κ3) is 3.64. The van der Waals surface area contributed by atoms with Crippen molar-refractivity contribution in [1.29, 1.82) is 0 Å². The summed E-state index contributed by atoms with van der Waals surface area (Å²) in [7, 11) is 1.70. The van der Waals surface area contributed by atoms with Gasteiger partial charge in [0.05, 0.1) is 12.2 Å². The lowest BCUT2D eigenvalue weighted by molar-refractivity contribution is 0.0526. The first-order chi connectivity index (χ1) is 12.6. The fourth-order valence-corrected chi connectivity index (χ4v) is 5.06. The van der Waals surface area contributed by atoms with Crippen LogP contribution in [0.4, 0.5) is 5.00 Å². The zero-order chi connectivity index (χ0) is 20.0. The summed E-state index contributed by atoms with van der Waals surface area (Å²) in [6.07, 6.45) is 2.24. The molecule has 0 bridgehead atoms. The zero-order valence-electron chi connectivity index (χ0n) is 16.6. The van der Waals surface area contributed by atoms with Crippen molar-refractivity contribution in [2.45, 2.75) is 52.1 Å². The van der Waals surface area contributed by atoms with Crippen molar-refractivity contribution in [3.05, 3.63) is 34.0 Å². The minimum Gasteiger partial charge on any atom is -0.462 e. The van der Waals surface area contributed by atoms with Gasteiger partial charge in [0.15, 0.2) is 0 Å². The minimum absolute atomic E-state index is 0.178. The minimum atomic E-state index is -0.399. The Morgan fingerprint density at radius 2 is 2.07 bits per heavy atom. The van der Waals surface area contributed by atoms with E-state index in [-0.39, 0.29) is 23.6 Å². The van der Waals surface area contributed by atoms with Crippen LogP contribution in [-0.2, 0) is 23.7 Å². The molecule has 0 unspecified atom stereocenters. The molecule has 3 heterocycles. The maximum atomic E-state index is 12.8. The molecular weight excluding hydrogens is 364 g/mol. The highest BCUT2D eigenvalue weighted by Crippen LogP contribution is 2.45. The van der Waals surface area contributed by atoms with E-state index in [1.807, 2.05) is 0 Å². The number of nitrogens with one attached hydrogen (secondary N) is 2. The maximum absolute atomic E-state index is 12.8. The Bertz CT molecular complexity index is 895. The predicted octanol–water partition coefficient (Wildman–Crippen LogP) is 3.07. The first-order valence-electron chi connectivity index (χ1n) is 8.97. The highest BCUT2D eigenvalue weighted by atomic mass is 32.1. The van der Waals surface area contributed by atoms with Gasteiger partial charge in [0.2, 0.25) is 0 Å². The van der Waals surface area contributed by atoms with Crippen molar-refractivity contribution in [2.24, 2.45) is 7.05 Å². The third-order valence-electron chi connectivity index (χ3n) is 4.60. The van der Waals surface area contributed by atoms with Gasteiger partial charge in [-0.15, -0.1) is 11.3 Å². The van der Waals surface area contributed by atoms with E-state index in [9.17, 15) is 9.59 Å². The van der Waals surface area contributed by atoms with Gasteiger partial charge >= 0.3 is 5.97 Å². The second-order valence-electron chi connectivity index (χ2n) is 7.94. The van der Waals surface area contributed by atoms with Crippen LogP contribution in [0.3, 0.4) is 0 Å². The first-order valence-corrected chi connectivity index (χ1v) is 9.79. The molecule has 27 heavy (non-hydrogen) atoms. The number of hydrogen-bond donors (Lipinski definition) is 2. The number of carbonyl (C=O) groups excluding carboxylic acids is 2. The number of ether oxygens (including phenoxy) is 1. The van der Waals surface area contributed by atoms with Crippen LogP contribution in [0.1, 0.15) is 65.9 Å². The second kappa shape index (κ2) is 6.76. The van der Waals surface area contributed by atoms with Crippen LogP contribution in [0, 0.1) is 0 Å². The molecule has 0 spiro atoms. The second-order valence-corrected chi connectivity index (χ2v) is 8.96. The van der Waals surface area contributed by atoms with Gasteiger partial charge in [-0.25, -0.2) is 4.79 Å². The molecule has 3 rings (SSSR count). The average molecular weight is 391 g/mol. The van der Waals surface area contributed by atoms with Crippen LogP contribution in [-0.4, -0.2) is 33.8 Å². The fourth-order valence-electron chi connectivity index (χ4n) is 3.80. The summed E-state index contributed by atoms with van der Waals surface area (Å²) in [6.45, 7) is 10.5. The number of nitrogens with zero attached hydrogens (tertiary/aromatic N) is 2. The van der Waals surface area contributed by atoms with Crippen LogP contribution in [0.15, 0.2) is 12.3 Å². The molecule has 7 nitrogen and oxygen atoms in total.